The molecule has 3 aromatic rings. The summed E-state index contributed by atoms with van der Waals surface area (Å²) in [6, 6.07) is 0. The van der Waals surface area contributed by atoms with Crippen LogP contribution in [0.4, 0.5) is 0 Å². The Morgan fingerprint density at radius 2 is 0.795 bits per heavy atom. The topological polar surface area (TPSA) is 78.1 Å². The van der Waals surface area contributed by atoms with E-state index in [0.717, 1.165) is 51.4 Å². The molecular formula is C31H46Cl2N2O4. The van der Waals surface area contributed by atoms with Crippen molar-refractivity contribution in [2.45, 2.75) is 125 Å². The first-order valence-electron chi connectivity index (χ1n) is 14.9. The molecule has 2 aromatic heterocycles. The molecule has 0 spiro atoms. The lowest BCUT2D eigenvalue weighted by Crippen LogP contribution is -2.29. The van der Waals surface area contributed by atoms with Crippen LogP contribution < -0.4 is 22.2 Å². The molecular weight excluding hydrogens is 535 g/mol. The van der Waals surface area contributed by atoms with Crippen LogP contribution in [-0.2, 0) is 13.1 Å². The maximum atomic E-state index is 13.3. The number of hydrogen-bond donors (Lipinski definition) is 0. The molecule has 0 saturated heterocycles. The zero-order valence-electron chi connectivity index (χ0n) is 24.6. The number of rotatable bonds is 14. The van der Waals surface area contributed by atoms with Gasteiger partial charge in [0.2, 0.25) is 0 Å². The lowest BCUT2D eigenvalue weighted by molar-refractivity contribution is 0.384. The van der Waals surface area contributed by atoms with E-state index in [1.807, 2.05) is 13.8 Å². The van der Waals surface area contributed by atoms with Crippen molar-refractivity contribution in [3.8, 4) is 0 Å². The van der Waals surface area contributed by atoms with Crippen LogP contribution in [0.5, 0.6) is 0 Å². The summed E-state index contributed by atoms with van der Waals surface area (Å²) in [5, 5.41) is -0.495. The fraction of sp³-hybridized carbons (Fsp3) is 0.677. The molecule has 0 bridgehead atoms. The van der Waals surface area contributed by atoms with Gasteiger partial charge in [0, 0.05) is 13.1 Å². The Balaban J connectivity index is 0.000000976. The SMILES string of the molecule is CCCCC.CCCCC(CC)Cn1c(=O)c2c(Cl)c3c(=O)n(CC(CC)CCCC)c(=O)c3c(Cl)c2c1=O. The number of aromatic nitrogens is 2. The molecule has 0 aliphatic rings. The summed E-state index contributed by atoms with van der Waals surface area (Å²) in [6.45, 7) is 13.2. The summed E-state index contributed by atoms with van der Waals surface area (Å²) < 4.78 is 2.35. The third-order valence-electron chi connectivity index (χ3n) is 7.89. The molecule has 218 valence electrons. The second kappa shape index (κ2) is 15.8. The summed E-state index contributed by atoms with van der Waals surface area (Å²) in [7, 11) is 0. The lowest BCUT2D eigenvalue weighted by atomic mass is 9.99. The van der Waals surface area contributed by atoms with Crippen LogP contribution >= 0.6 is 23.2 Å². The molecule has 3 rings (SSSR count). The number of halogens is 2. The highest BCUT2D eigenvalue weighted by Gasteiger charge is 2.28. The highest BCUT2D eigenvalue weighted by molar-refractivity contribution is 6.47. The quantitative estimate of drug-likeness (QED) is 0.194. The van der Waals surface area contributed by atoms with E-state index >= 15 is 0 Å². The van der Waals surface area contributed by atoms with E-state index in [9.17, 15) is 19.2 Å². The van der Waals surface area contributed by atoms with Gasteiger partial charge >= 0.3 is 0 Å². The average molecular weight is 582 g/mol. The first-order chi connectivity index (χ1) is 18.6. The summed E-state index contributed by atoms with van der Waals surface area (Å²) >= 11 is 13.1. The molecule has 0 saturated carbocycles. The van der Waals surface area contributed by atoms with E-state index in [4.69, 9.17) is 23.2 Å². The van der Waals surface area contributed by atoms with Crippen molar-refractivity contribution in [3.63, 3.8) is 0 Å². The van der Waals surface area contributed by atoms with Crippen molar-refractivity contribution in [2.24, 2.45) is 11.8 Å². The van der Waals surface area contributed by atoms with Crippen molar-refractivity contribution < 1.29 is 0 Å². The minimum absolute atomic E-state index is 0.0539. The highest BCUT2D eigenvalue weighted by Crippen LogP contribution is 2.34. The molecule has 0 N–H and O–H groups in total. The van der Waals surface area contributed by atoms with Crippen LogP contribution in [0, 0.1) is 11.8 Å². The van der Waals surface area contributed by atoms with Gasteiger partial charge in [-0.3, -0.25) is 28.3 Å². The van der Waals surface area contributed by atoms with Gasteiger partial charge in [0.05, 0.1) is 31.6 Å². The fourth-order valence-corrected chi connectivity index (χ4v) is 5.95. The molecule has 6 nitrogen and oxygen atoms in total. The van der Waals surface area contributed by atoms with E-state index < -0.39 is 22.2 Å². The number of fused-ring (bicyclic) bond motifs is 2. The molecule has 8 heteroatoms. The Kier molecular flexibility index (Phi) is 13.5. The van der Waals surface area contributed by atoms with Crippen LogP contribution in [0.1, 0.15) is 112 Å². The van der Waals surface area contributed by atoms with Crippen molar-refractivity contribution in [1.82, 2.24) is 9.13 Å². The van der Waals surface area contributed by atoms with Crippen LogP contribution in [0.15, 0.2) is 19.2 Å². The summed E-state index contributed by atoms with van der Waals surface area (Å²) in [6.07, 6.45) is 11.6. The third-order valence-corrected chi connectivity index (χ3v) is 8.65. The second-order valence-electron chi connectivity index (χ2n) is 10.8. The van der Waals surface area contributed by atoms with Gasteiger partial charge in [0.15, 0.2) is 0 Å². The minimum Gasteiger partial charge on any atom is -0.274 e. The van der Waals surface area contributed by atoms with E-state index in [1.165, 1.54) is 28.4 Å². The van der Waals surface area contributed by atoms with Gasteiger partial charge in [-0.15, -0.1) is 0 Å². The standard InChI is InChI=1S/C26H34Cl2N2O4.C5H12/c1-5-9-11-15(7-3)13-29-23(31)17-18(24(29)32)22(28)20-19(21(17)27)25(33)30(26(20)34)14-16(8-4)12-10-6-2;1-3-5-4-2/h15-16H,5-14H2,1-4H3;3-5H2,1-2H3. The van der Waals surface area contributed by atoms with Crippen molar-refractivity contribution >= 4 is 44.7 Å². The predicted octanol–water partition coefficient (Wildman–Crippen LogP) is 7.85. The zero-order chi connectivity index (χ0) is 29.3. The van der Waals surface area contributed by atoms with Gasteiger partial charge in [0.1, 0.15) is 0 Å². The van der Waals surface area contributed by atoms with Crippen LogP contribution in [0.2, 0.25) is 10.0 Å². The van der Waals surface area contributed by atoms with E-state index in [0.29, 0.717) is 0 Å². The second-order valence-corrected chi connectivity index (χ2v) is 11.5. The Hall–Kier alpha value is -1.92. The van der Waals surface area contributed by atoms with Crippen LogP contribution in [-0.4, -0.2) is 9.13 Å². The molecule has 0 radical (unpaired) electrons. The van der Waals surface area contributed by atoms with Crippen LogP contribution in [0.25, 0.3) is 21.5 Å². The molecule has 1 aromatic carbocycles. The zero-order valence-corrected chi connectivity index (χ0v) is 26.1. The molecule has 0 amide bonds. The van der Waals surface area contributed by atoms with Crippen LogP contribution in [0.3, 0.4) is 0 Å². The Morgan fingerprint density at radius 3 is 1.00 bits per heavy atom. The Morgan fingerprint density at radius 1 is 0.513 bits per heavy atom. The monoisotopic (exact) mass is 580 g/mol. The van der Waals surface area contributed by atoms with Gasteiger partial charge < -0.3 is 0 Å². The van der Waals surface area contributed by atoms with Gasteiger partial charge in [-0.05, 0) is 24.7 Å². The molecule has 0 aliphatic carbocycles. The van der Waals surface area contributed by atoms with Crippen molar-refractivity contribution in [3.05, 3.63) is 51.5 Å². The molecule has 2 unspecified atom stereocenters. The first-order valence-corrected chi connectivity index (χ1v) is 15.7. The predicted molar refractivity (Wildman–Crippen MR) is 167 cm³/mol. The molecule has 2 heterocycles. The Labute approximate surface area is 242 Å². The third kappa shape index (κ3) is 7.24. The van der Waals surface area contributed by atoms with E-state index in [2.05, 4.69) is 27.7 Å². The maximum Gasteiger partial charge on any atom is 0.263 e. The number of nitrogens with zero attached hydrogens (tertiary/aromatic N) is 2. The van der Waals surface area contributed by atoms with Crippen molar-refractivity contribution in [1.29, 1.82) is 0 Å². The Bertz CT molecular complexity index is 1240. The summed E-state index contributed by atoms with van der Waals surface area (Å²) in [5.41, 5.74) is -2.18. The lowest BCUT2D eigenvalue weighted by Gasteiger charge is -2.14. The van der Waals surface area contributed by atoms with Gasteiger partial charge in [0.25, 0.3) is 22.2 Å². The minimum atomic E-state index is -0.544. The largest absolute Gasteiger partial charge is 0.274 e. The molecule has 39 heavy (non-hydrogen) atoms. The fourth-order valence-electron chi connectivity index (χ4n) is 5.25. The van der Waals surface area contributed by atoms with E-state index in [-0.39, 0.29) is 56.5 Å². The molecule has 0 aliphatic heterocycles. The average Bonchev–Trinajstić information content (AvgIpc) is 3.32. The van der Waals surface area contributed by atoms with Gasteiger partial charge in [-0.25, -0.2) is 0 Å². The van der Waals surface area contributed by atoms with Gasteiger partial charge in [-0.1, -0.05) is 123 Å². The summed E-state index contributed by atoms with van der Waals surface area (Å²) in [5.74, 6) is 0.332. The smallest absolute Gasteiger partial charge is 0.263 e. The molecule has 0 fully saturated rings. The summed E-state index contributed by atoms with van der Waals surface area (Å²) in [4.78, 5) is 53.1. The van der Waals surface area contributed by atoms with Crippen molar-refractivity contribution in [2.75, 3.05) is 0 Å². The maximum absolute atomic E-state index is 13.3. The number of hydrogen-bond acceptors (Lipinski definition) is 4. The number of benzene rings is 1. The normalized spacial score (nSPS) is 13.1. The van der Waals surface area contributed by atoms with E-state index in [1.54, 1.807) is 0 Å². The number of unbranched alkanes of at least 4 members (excludes halogenated alkanes) is 4. The molecule has 2 atom stereocenters. The highest BCUT2D eigenvalue weighted by atomic mass is 35.5. The first kappa shape index (κ1) is 33.3. The van der Waals surface area contributed by atoms with Gasteiger partial charge in [-0.2, -0.15) is 0 Å².